The van der Waals surface area contributed by atoms with E-state index in [1.54, 1.807) is 11.3 Å². The summed E-state index contributed by atoms with van der Waals surface area (Å²) in [5, 5.41) is 11.5. The van der Waals surface area contributed by atoms with Gasteiger partial charge in [0.1, 0.15) is 0 Å². The number of pyridine rings is 1. The molecule has 0 fully saturated rings. The zero-order valence-corrected chi connectivity index (χ0v) is 11.9. The van der Waals surface area contributed by atoms with Crippen molar-refractivity contribution in [1.82, 2.24) is 4.98 Å². The van der Waals surface area contributed by atoms with E-state index in [-0.39, 0.29) is 0 Å². The highest BCUT2D eigenvalue weighted by atomic mass is 32.1. The van der Waals surface area contributed by atoms with Gasteiger partial charge in [-0.2, -0.15) is 5.26 Å². The summed E-state index contributed by atoms with van der Waals surface area (Å²) in [5.41, 5.74) is 2.82. The molecule has 0 radical (unpaired) electrons. The van der Waals surface area contributed by atoms with Crippen LogP contribution in [0.25, 0.3) is 31.4 Å². The van der Waals surface area contributed by atoms with Crippen molar-refractivity contribution in [2.24, 2.45) is 0 Å². The Hall–Kier alpha value is -2.70. The van der Waals surface area contributed by atoms with Crippen LogP contribution in [0.3, 0.4) is 0 Å². The third-order valence-electron chi connectivity index (χ3n) is 3.58. The fourth-order valence-electron chi connectivity index (χ4n) is 2.66. The molecule has 2 aromatic heterocycles. The molecule has 0 saturated heterocycles. The molecule has 0 saturated carbocycles. The number of nitrogens with zero attached hydrogens (tertiary/aromatic N) is 2. The summed E-state index contributed by atoms with van der Waals surface area (Å²) in [6.07, 6.45) is 1.81. The minimum Gasteiger partial charge on any atom is -0.256 e. The smallest absolute Gasteiger partial charge is 0.0998 e. The molecule has 0 aliphatic heterocycles. The SMILES string of the molecule is N#Cc1cccc2sc3c(-c4ccccn4)cccc3c12. The molecule has 21 heavy (non-hydrogen) atoms. The topological polar surface area (TPSA) is 36.7 Å². The molecule has 3 heteroatoms. The van der Waals surface area contributed by atoms with Crippen LogP contribution in [-0.4, -0.2) is 4.98 Å². The zero-order valence-electron chi connectivity index (χ0n) is 11.1. The molecule has 2 aromatic carbocycles. The van der Waals surface area contributed by atoms with Crippen molar-refractivity contribution in [2.75, 3.05) is 0 Å². The van der Waals surface area contributed by atoms with E-state index in [1.807, 2.05) is 42.6 Å². The first kappa shape index (κ1) is 12.1. The lowest BCUT2D eigenvalue weighted by molar-refractivity contribution is 1.33. The largest absolute Gasteiger partial charge is 0.256 e. The van der Waals surface area contributed by atoms with Crippen molar-refractivity contribution >= 4 is 31.5 Å². The average Bonchev–Trinajstić information content (AvgIpc) is 2.94. The fraction of sp³-hybridized carbons (Fsp3) is 0. The second-order valence-electron chi connectivity index (χ2n) is 4.79. The van der Waals surface area contributed by atoms with Gasteiger partial charge in [-0.15, -0.1) is 11.3 Å². The number of benzene rings is 2. The number of aromatic nitrogens is 1. The van der Waals surface area contributed by atoms with Crippen molar-refractivity contribution in [2.45, 2.75) is 0 Å². The van der Waals surface area contributed by atoms with Crippen LogP contribution in [0.4, 0.5) is 0 Å². The van der Waals surface area contributed by atoms with Crippen LogP contribution >= 0.6 is 11.3 Å². The maximum Gasteiger partial charge on any atom is 0.0998 e. The standard InChI is InChI=1S/C18H10N2S/c19-11-12-5-3-9-16-17(12)14-7-4-6-13(18(14)21-16)15-8-1-2-10-20-15/h1-10H. The van der Waals surface area contributed by atoms with Crippen molar-refractivity contribution < 1.29 is 0 Å². The van der Waals surface area contributed by atoms with Gasteiger partial charge in [-0.1, -0.05) is 30.3 Å². The molecule has 0 spiro atoms. The Bertz CT molecular complexity index is 994. The highest BCUT2D eigenvalue weighted by molar-refractivity contribution is 7.26. The molecule has 0 aliphatic rings. The van der Waals surface area contributed by atoms with Crippen LogP contribution in [-0.2, 0) is 0 Å². The van der Waals surface area contributed by atoms with E-state index in [1.165, 1.54) is 4.70 Å². The quantitative estimate of drug-likeness (QED) is 0.494. The monoisotopic (exact) mass is 286 g/mol. The highest BCUT2D eigenvalue weighted by Crippen LogP contribution is 2.40. The molecule has 0 unspecified atom stereocenters. The normalized spacial score (nSPS) is 10.8. The second-order valence-corrected chi connectivity index (χ2v) is 5.84. The summed E-state index contributed by atoms with van der Waals surface area (Å²) in [6.45, 7) is 0. The van der Waals surface area contributed by atoms with Gasteiger partial charge < -0.3 is 0 Å². The molecular formula is C18H10N2S. The minimum absolute atomic E-state index is 0.733. The molecule has 4 aromatic rings. The van der Waals surface area contributed by atoms with Gasteiger partial charge in [-0.05, 0) is 24.3 Å². The fourth-order valence-corrected chi connectivity index (χ4v) is 3.92. The average molecular weight is 286 g/mol. The van der Waals surface area contributed by atoms with E-state index in [4.69, 9.17) is 0 Å². The van der Waals surface area contributed by atoms with Crippen LogP contribution in [0.5, 0.6) is 0 Å². The van der Waals surface area contributed by atoms with E-state index < -0.39 is 0 Å². The summed E-state index contributed by atoms with van der Waals surface area (Å²) in [6, 6.07) is 20.3. The third kappa shape index (κ3) is 1.81. The molecule has 2 nitrogen and oxygen atoms in total. The Morgan fingerprint density at radius 1 is 0.952 bits per heavy atom. The van der Waals surface area contributed by atoms with Crippen molar-refractivity contribution in [3.63, 3.8) is 0 Å². The van der Waals surface area contributed by atoms with Gasteiger partial charge in [0.25, 0.3) is 0 Å². The van der Waals surface area contributed by atoms with Gasteiger partial charge in [-0.3, -0.25) is 4.98 Å². The first-order chi connectivity index (χ1) is 10.4. The molecule has 0 amide bonds. The maximum atomic E-state index is 9.34. The van der Waals surface area contributed by atoms with Gasteiger partial charge >= 0.3 is 0 Å². The molecule has 0 bridgehead atoms. The first-order valence-electron chi connectivity index (χ1n) is 6.64. The molecular weight excluding hydrogens is 276 g/mol. The summed E-state index contributed by atoms with van der Waals surface area (Å²) >= 11 is 1.72. The summed E-state index contributed by atoms with van der Waals surface area (Å²) in [7, 11) is 0. The molecule has 0 N–H and O–H groups in total. The zero-order chi connectivity index (χ0) is 14.2. The lowest BCUT2D eigenvalue weighted by atomic mass is 10.0. The van der Waals surface area contributed by atoms with Gasteiger partial charge in [0.15, 0.2) is 0 Å². The van der Waals surface area contributed by atoms with Crippen LogP contribution in [0.2, 0.25) is 0 Å². The van der Waals surface area contributed by atoms with Crippen LogP contribution in [0.1, 0.15) is 5.56 Å². The molecule has 0 aliphatic carbocycles. The van der Waals surface area contributed by atoms with E-state index >= 15 is 0 Å². The number of thiophene rings is 1. The van der Waals surface area contributed by atoms with Gasteiger partial charge in [0.05, 0.1) is 17.3 Å². The number of rotatable bonds is 1. The summed E-state index contributed by atoms with van der Waals surface area (Å²) in [5.74, 6) is 0. The van der Waals surface area contributed by atoms with E-state index in [0.717, 1.165) is 32.3 Å². The summed E-state index contributed by atoms with van der Waals surface area (Å²) in [4.78, 5) is 4.45. The second kappa shape index (κ2) is 4.69. The van der Waals surface area contributed by atoms with Gasteiger partial charge in [-0.25, -0.2) is 0 Å². The molecule has 4 rings (SSSR count). The Labute approximate surface area is 125 Å². The predicted octanol–water partition coefficient (Wildman–Crippen LogP) is 4.99. The Morgan fingerprint density at radius 3 is 2.67 bits per heavy atom. The van der Waals surface area contributed by atoms with Gasteiger partial charge in [0, 0.05) is 31.9 Å². The Balaban J connectivity index is 2.15. The molecule has 98 valence electrons. The minimum atomic E-state index is 0.733. The Kier molecular flexibility index (Phi) is 2.70. The number of nitriles is 1. The van der Waals surface area contributed by atoms with Crippen LogP contribution < -0.4 is 0 Å². The lowest BCUT2D eigenvalue weighted by Crippen LogP contribution is -1.82. The van der Waals surface area contributed by atoms with Crippen LogP contribution in [0.15, 0.2) is 60.8 Å². The summed E-state index contributed by atoms with van der Waals surface area (Å²) < 4.78 is 2.33. The third-order valence-corrected chi connectivity index (χ3v) is 4.79. The Morgan fingerprint density at radius 2 is 1.86 bits per heavy atom. The number of hydrogen-bond acceptors (Lipinski definition) is 3. The predicted molar refractivity (Wildman–Crippen MR) is 87.3 cm³/mol. The van der Waals surface area contributed by atoms with E-state index in [0.29, 0.717) is 0 Å². The van der Waals surface area contributed by atoms with E-state index in [2.05, 4.69) is 29.3 Å². The number of fused-ring (bicyclic) bond motifs is 3. The molecule has 0 atom stereocenters. The van der Waals surface area contributed by atoms with Crippen molar-refractivity contribution in [3.05, 3.63) is 66.4 Å². The van der Waals surface area contributed by atoms with Crippen molar-refractivity contribution in [1.29, 1.82) is 5.26 Å². The number of hydrogen-bond donors (Lipinski definition) is 0. The molecule has 2 heterocycles. The van der Waals surface area contributed by atoms with Crippen LogP contribution in [0, 0.1) is 11.3 Å². The van der Waals surface area contributed by atoms with Crippen molar-refractivity contribution in [3.8, 4) is 17.3 Å². The first-order valence-corrected chi connectivity index (χ1v) is 7.46. The lowest BCUT2D eigenvalue weighted by Gasteiger charge is -2.02. The maximum absolute atomic E-state index is 9.34. The van der Waals surface area contributed by atoms with E-state index in [9.17, 15) is 5.26 Å². The van der Waals surface area contributed by atoms with Gasteiger partial charge in [0.2, 0.25) is 0 Å². The highest BCUT2D eigenvalue weighted by Gasteiger charge is 2.12.